The van der Waals surface area contributed by atoms with Crippen molar-refractivity contribution < 1.29 is 23.9 Å². The van der Waals surface area contributed by atoms with Crippen LogP contribution in [0.1, 0.15) is 44.2 Å². The van der Waals surface area contributed by atoms with E-state index >= 15 is 0 Å². The van der Waals surface area contributed by atoms with E-state index in [1.165, 1.54) is 19.1 Å². The van der Waals surface area contributed by atoms with Gasteiger partial charge in [-0.25, -0.2) is 4.79 Å². The molecule has 1 aromatic carbocycles. The summed E-state index contributed by atoms with van der Waals surface area (Å²) < 4.78 is 10.0. The first kappa shape index (κ1) is 19.4. The second-order valence-electron chi connectivity index (χ2n) is 7.32. The Balaban J connectivity index is 2.06. The monoisotopic (exact) mass is 374 g/mol. The van der Waals surface area contributed by atoms with Crippen LogP contribution in [0.25, 0.3) is 0 Å². The highest BCUT2D eigenvalue weighted by atomic mass is 16.5. The molecule has 2 fully saturated rings. The largest absolute Gasteiger partial charge is 0.468 e. The topological polar surface area (TPSA) is 84.9 Å². The lowest BCUT2D eigenvalue weighted by atomic mass is 9.76. The van der Waals surface area contributed by atoms with Crippen molar-refractivity contribution in [3.63, 3.8) is 0 Å². The number of amides is 1. The van der Waals surface area contributed by atoms with Crippen molar-refractivity contribution >= 4 is 18.3 Å². The first-order valence-corrected chi connectivity index (χ1v) is 9.18. The van der Waals surface area contributed by atoms with E-state index in [1.54, 1.807) is 0 Å². The van der Waals surface area contributed by atoms with Crippen molar-refractivity contribution in [2.24, 2.45) is 5.41 Å². The predicted molar refractivity (Wildman–Crippen MR) is 97.3 cm³/mol. The first-order valence-electron chi connectivity index (χ1n) is 9.18. The number of methoxy groups -OCH3 is 2. The molecule has 1 heterocycles. The molecule has 1 amide bonds. The van der Waals surface area contributed by atoms with Crippen molar-refractivity contribution in [3.8, 4) is 0 Å². The van der Waals surface area contributed by atoms with E-state index in [2.05, 4.69) is 5.32 Å². The van der Waals surface area contributed by atoms with Crippen LogP contribution in [0.3, 0.4) is 0 Å². The maximum atomic E-state index is 12.9. The summed E-state index contributed by atoms with van der Waals surface area (Å²) in [6.07, 6.45) is 2.71. The number of hydrogen-bond acceptors (Lipinski definition) is 6. The summed E-state index contributed by atoms with van der Waals surface area (Å²) in [4.78, 5) is 38.8. The highest BCUT2D eigenvalue weighted by Gasteiger charge is 2.71. The van der Waals surface area contributed by atoms with Gasteiger partial charge in [-0.05, 0) is 38.2 Å². The zero-order valence-corrected chi connectivity index (χ0v) is 15.9. The van der Waals surface area contributed by atoms with Gasteiger partial charge in [0.05, 0.1) is 14.2 Å². The highest BCUT2D eigenvalue weighted by Crippen LogP contribution is 2.58. The highest BCUT2D eigenvalue weighted by molar-refractivity contribution is 5.86. The molecule has 0 aromatic heterocycles. The molecular formula is C20H26N2O5. The Morgan fingerprint density at radius 3 is 2.52 bits per heavy atom. The van der Waals surface area contributed by atoms with Crippen molar-refractivity contribution in [1.29, 1.82) is 0 Å². The van der Waals surface area contributed by atoms with E-state index in [0.717, 1.165) is 12.0 Å². The Hall–Kier alpha value is -2.41. The molecule has 0 bridgehead atoms. The molecule has 4 atom stereocenters. The van der Waals surface area contributed by atoms with Crippen LogP contribution in [-0.4, -0.2) is 49.2 Å². The third kappa shape index (κ3) is 2.81. The number of carbonyl (C=O) groups is 3. The minimum absolute atomic E-state index is 0.132. The lowest BCUT2D eigenvalue weighted by molar-refractivity contribution is -0.160. The number of rotatable bonds is 6. The van der Waals surface area contributed by atoms with Crippen LogP contribution in [-0.2, 0) is 23.9 Å². The normalized spacial score (nSPS) is 30.5. The zero-order valence-electron chi connectivity index (χ0n) is 15.9. The van der Waals surface area contributed by atoms with E-state index in [9.17, 15) is 14.4 Å². The number of carbonyl (C=O) groups excluding carboxylic acids is 3. The van der Waals surface area contributed by atoms with Crippen LogP contribution >= 0.6 is 0 Å². The van der Waals surface area contributed by atoms with E-state index in [-0.39, 0.29) is 12.5 Å². The molecular weight excluding hydrogens is 348 g/mol. The SMILES string of the molecule is COC(=O)[C@@H]1CC2(C(=O)OC)CCCC2(N[C@@H](C)c2ccccc2)N1C=O. The molecule has 1 aliphatic carbocycles. The third-order valence-corrected chi connectivity index (χ3v) is 6.17. The summed E-state index contributed by atoms with van der Waals surface area (Å²) in [5.41, 5.74) is -0.939. The van der Waals surface area contributed by atoms with Crippen LogP contribution in [0.15, 0.2) is 30.3 Å². The van der Waals surface area contributed by atoms with E-state index < -0.39 is 29.1 Å². The molecule has 1 aromatic rings. The summed E-state index contributed by atoms with van der Waals surface area (Å²) in [5.74, 6) is -0.917. The minimum atomic E-state index is -0.990. The van der Waals surface area contributed by atoms with Gasteiger partial charge in [0.2, 0.25) is 6.41 Å². The number of nitrogens with one attached hydrogen (secondary N) is 1. The van der Waals surface area contributed by atoms with Gasteiger partial charge in [-0.2, -0.15) is 0 Å². The maximum Gasteiger partial charge on any atom is 0.328 e. The zero-order chi connectivity index (χ0) is 19.7. The van der Waals surface area contributed by atoms with E-state index in [0.29, 0.717) is 19.3 Å². The molecule has 1 N–H and O–H groups in total. The Labute approximate surface area is 159 Å². The lowest BCUT2D eigenvalue weighted by Gasteiger charge is -2.45. The van der Waals surface area contributed by atoms with Crippen molar-refractivity contribution in [2.45, 2.75) is 50.4 Å². The Kier molecular flexibility index (Phi) is 5.24. The van der Waals surface area contributed by atoms with Crippen LogP contribution in [0.2, 0.25) is 0 Å². The fraction of sp³-hybridized carbons (Fsp3) is 0.550. The van der Waals surface area contributed by atoms with E-state index in [1.807, 2.05) is 37.3 Å². The summed E-state index contributed by atoms with van der Waals surface area (Å²) >= 11 is 0. The molecule has 1 aliphatic heterocycles. The van der Waals surface area contributed by atoms with Crippen molar-refractivity contribution in [2.75, 3.05) is 14.2 Å². The molecule has 146 valence electrons. The predicted octanol–water partition coefficient (Wildman–Crippen LogP) is 1.78. The Bertz CT molecular complexity index is 724. The minimum Gasteiger partial charge on any atom is -0.468 e. The molecule has 3 rings (SSSR count). The fourth-order valence-electron chi connectivity index (χ4n) is 4.95. The van der Waals surface area contributed by atoms with E-state index in [4.69, 9.17) is 9.47 Å². The van der Waals surface area contributed by atoms with Gasteiger partial charge in [0.15, 0.2) is 0 Å². The quantitative estimate of drug-likeness (QED) is 0.604. The number of benzene rings is 1. The number of fused-ring (bicyclic) bond motifs is 1. The Morgan fingerprint density at radius 2 is 1.93 bits per heavy atom. The van der Waals surface area contributed by atoms with Gasteiger partial charge in [-0.15, -0.1) is 0 Å². The summed E-state index contributed by atoms with van der Waals surface area (Å²) in [5, 5.41) is 3.52. The summed E-state index contributed by atoms with van der Waals surface area (Å²) in [6, 6.07) is 8.84. The second-order valence-corrected chi connectivity index (χ2v) is 7.32. The summed E-state index contributed by atoms with van der Waals surface area (Å²) in [6.45, 7) is 1.99. The van der Waals surface area contributed by atoms with Crippen LogP contribution in [0, 0.1) is 5.41 Å². The average molecular weight is 374 g/mol. The number of nitrogens with zero attached hydrogens (tertiary/aromatic N) is 1. The lowest BCUT2D eigenvalue weighted by Crippen LogP contribution is -2.64. The van der Waals surface area contributed by atoms with Gasteiger partial charge >= 0.3 is 11.9 Å². The molecule has 27 heavy (non-hydrogen) atoms. The van der Waals surface area contributed by atoms with Gasteiger partial charge in [-0.1, -0.05) is 30.3 Å². The van der Waals surface area contributed by atoms with Crippen LogP contribution in [0.5, 0.6) is 0 Å². The smallest absolute Gasteiger partial charge is 0.328 e. The molecule has 0 spiro atoms. The molecule has 1 saturated carbocycles. The first-order chi connectivity index (χ1) is 13.0. The van der Waals surface area contributed by atoms with Gasteiger partial charge < -0.3 is 14.4 Å². The second kappa shape index (κ2) is 7.31. The van der Waals surface area contributed by atoms with Gasteiger partial charge in [0.25, 0.3) is 0 Å². The van der Waals surface area contributed by atoms with Gasteiger partial charge in [0, 0.05) is 6.04 Å². The fourth-order valence-corrected chi connectivity index (χ4v) is 4.95. The number of likely N-dealkylation sites (tertiary alicyclic amines) is 1. The number of hydrogen-bond donors (Lipinski definition) is 1. The number of ether oxygens (including phenoxy) is 2. The third-order valence-electron chi connectivity index (χ3n) is 6.17. The average Bonchev–Trinajstić information content (AvgIpc) is 3.18. The molecule has 7 nitrogen and oxygen atoms in total. The molecule has 7 heteroatoms. The maximum absolute atomic E-state index is 12.9. The molecule has 0 radical (unpaired) electrons. The summed E-state index contributed by atoms with van der Waals surface area (Å²) in [7, 11) is 2.63. The Morgan fingerprint density at radius 1 is 1.22 bits per heavy atom. The van der Waals surface area contributed by atoms with Crippen molar-refractivity contribution in [3.05, 3.63) is 35.9 Å². The molecule has 1 saturated heterocycles. The molecule has 2 unspecified atom stereocenters. The van der Waals surface area contributed by atoms with Gasteiger partial charge in [0.1, 0.15) is 17.1 Å². The van der Waals surface area contributed by atoms with Gasteiger partial charge in [-0.3, -0.25) is 14.9 Å². The van der Waals surface area contributed by atoms with Crippen LogP contribution in [0.4, 0.5) is 0 Å². The van der Waals surface area contributed by atoms with Crippen LogP contribution < -0.4 is 5.32 Å². The number of esters is 2. The molecule has 2 aliphatic rings. The standard InChI is InChI=1S/C20H26N2O5/c1-14(15-8-5-4-6-9-15)21-20-11-7-10-19(20,18(25)27-3)12-16(17(24)26-2)22(20)13-23/h4-6,8-9,13-14,16,21H,7,10-12H2,1-3H3/t14-,16-,19?,20?/m0/s1. The van der Waals surface area contributed by atoms with Crippen molar-refractivity contribution in [1.82, 2.24) is 10.2 Å².